The van der Waals surface area contributed by atoms with Crippen molar-refractivity contribution in [2.75, 3.05) is 0 Å². The number of aryl methyl sites for hydroxylation is 2. The van der Waals surface area contributed by atoms with E-state index in [-0.39, 0.29) is 5.56 Å². The quantitative estimate of drug-likeness (QED) is 0.431. The van der Waals surface area contributed by atoms with Gasteiger partial charge in [-0.25, -0.2) is 4.98 Å². The van der Waals surface area contributed by atoms with Gasteiger partial charge in [-0.1, -0.05) is 52.3 Å². The molecule has 2 aromatic carbocycles. The topological polar surface area (TPSA) is 34.9 Å². The molecule has 2 heterocycles. The molecule has 4 aromatic rings. The second-order valence-electron chi connectivity index (χ2n) is 6.32. The zero-order chi connectivity index (χ0) is 18.3. The van der Waals surface area contributed by atoms with Crippen LogP contribution in [0.5, 0.6) is 0 Å². The summed E-state index contributed by atoms with van der Waals surface area (Å²) in [5.41, 5.74) is 4.36. The lowest BCUT2D eigenvalue weighted by Gasteiger charge is -2.09. The van der Waals surface area contributed by atoms with Gasteiger partial charge in [0, 0.05) is 14.9 Å². The highest BCUT2D eigenvalue weighted by atomic mass is 79.9. The lowest BCUT2D eigenvalue weighted by atomic mass is 10.0. The molecule has 0 fully saturated rings. The number of halogens is 1. The molecule has 0 spiro atoms. The molecular formula is C21H17BrN2OS. The number of fused-ring (bicyclic) bond motifs is 1. The van der Waals surface area contributed by atoms with Gasteiger partial charge in [0.2, 0.25) is 0 Å². The molecule has 0 amide bonds. The van der Waals surface area contributed by atoms with E-state index < -0.39 is 0 Å². The van der Waals surface area contributed by atoms with Crippen LogP contribution in [0.4, 0.5) is 0 Å². The normalized spacial score (nSPS) is 11.2. The van der Waals surface area contributed by atoms with Crippen LogP contribution in [-0.4, -0.2) is 9.55 Å². The Morgan fingerprint density at radius 1 is 1.08 bits per heavy atom. The Hall–Kier alpha value is -2.24. The first-order valence-electron chi connectivity index (χ1n) is 8.33. The first-order chi connectivity index (χ1) is 12.5. The van der Waals surface area contributed by atoms with Crippen molar-refractivity contribution in [2.45, 2.75) is 20.4 Å². The second kappa shape index (κ2) is 6.82. The number of rotatable bonds is 3. The van der Waals surface area contributed by atoms with Crippen LogP contribution in [0.1, 0.15) is 16.0 Å². The summed E-state index contributed by atoms with van der Waals surface area (Å²) in [6, 6.07) is 16.2. The predicted molar refractivity (Wildman–Crippen MR) is 112 cm³/mol. The van der Waals surface area contributed by atoms with Crippen LogP contribution >= 0.6 is 27.3 Å². The van der Waals surface area contributed by atoms with E-state index in [1.54, 1.807) is 22.2 Å². The third-order valence-corrected chi connectivity index (χ3v) is 6.13. The van der Waals surface area contributed by atoms with Crippen molar-refractivity contribution in [1.29, 1.82) is 0 Å². The fraction of sp³-hybridized carbons (Fsp3) is 0.143. The van der Waals surface area contributed by atoms with Gasteiger partial charge in [-0.2, -0.15) is 0 Å². The standard InChI is InChI=1S/C21H17BrN2OS/c1-13-5-3-4-6-16(13)11-24-12-23-20-19(21(24)25)18(14(2)26-20)15-7-9-17(22)10-8-15/h3-10,12H,11H2,1-2H3. The van der Waals surface area contributed by atoms with Crippen LogP contribution in [0.2, 0.25) is 0 Å². The number of benzene rings is 2. The third-order valence-electron chi connectivity index (χ3n) is 4.59. The Kier molecular flexibility index (Phi) is 4.51. The summed E-state index contributed by atoms with van der Waals surface area (Å²) in [6.07, 6.45) is 1.67. The summed E-state index contributed by atoms with van der Waals surface area (Å²) in [4.78, 5) is 19.7. The molecule has 26 heavy (non-hydrogen) atoms. The molecule has 3 nitrogen and oxygen atoms in total. The molecule has 0 radical (unpaired) electrons. The highest BCUT2D eigenvalue weighted by molar-refractivity contribution is 9.10. The van der Waals surface area contributed by atoms with E-state index in [0.29, 0.717) is 11.9 Å². The van der Waals surface area contributed by atoms with E-state index in [4.69, 9.17) is 0 Å². The zero-order valence-electron chi connectivity index (χ0n) is 14.5. The molecule has 0 saturated heterocycles. The molecule has 130 valence electrons. The van der Waals surface area contributed by atoms with Gasteiger partial charge in [0.05, 0.1) is 18.3 Å². The number of thiophene rings is 1. The predicted octanol–water partition coefficient (Wildman–Crippen LogP) is 5.55. The fourth-order valence-electron chi connectivity index (χ4n) is 3.19. The zero-order valence-corrected chi connectivity index (χ0v) is 16.9. The summed E-state index contributed by atoms with van der Waals surface area (Å²) in [5, 5.41) is 0.714. The number of aromatic nitrogens is 2. The average Bonchev–Trinajstić information content (AvgIpc) is 2.97. The molecule has 0 aliphatic rings. The van der Waals surface area contributed by atoms with E-state index in [0.717, 1.165) is 30.9 Å². The maximum Gasteiger partial charge on any atom is 0.263 e. The van der Waals surface area contributed by atoms with Crippen LogP contribution < -0.4 is 5.56 Å². The molecule has 0 saturated carbocycles. The van der Waals surface area contributed by atoms with Crippen molar-refractivity contribution >= 4 is 37.5 Å². The maximum atomic E-state index is 13.2. The van der Waals surface area contributed by atoms with Crippen LogP contribution in [0.3, 0.4) is 0 Å². The SMILES string of the molecule is Cc1ccccc1Cn1cnc2sc(C)c(-c3ccc(Br)cc3)c2c1=O. The van der Waals surface area contributed by atoms with E-state index in [1.807, 2.05) is 36.4 Å². The molecule has 2 aromatic heterocycles. The van der Waals surface area contributed by atoms with Crippen molar-refractivity contribution in [3.8, 4) is 11.1 Å². The molecule has 0 N–H and O–H groups in total. The largest absolute Gasteiger partial charge is 0.294 e. The Bertz CT molecular complexity index is 1160. The van der Waals surface area contributed by atoms with Gasteiger partial charge in [0.1, 0.15) is 4.83 Å². The van der Waals surface area contributed by atoms with Crippen molar-refractivity contribution in [1.82, 2.24) is 9.55 Å². The summed E-state index contributed by atoms with van der Waals surface area (Å²) in [7, 11) is 0. The number of hydrogen-bond donors (Lipinski definition) is 0. The van der Waals surface area contributed by atoms with Gasteiger partial charge in [0.25, 0.3) is 5.56 Å². The first kappa shape index (κ1) is 17.2. The summed E-state index contributed by atoms with van der Waals surface area (Å²) < 4.78 is 2.73. The highest BCUT2D eigenvalue weighted by Gasteiger charge is 2.17. The molecule has 0 unspecified atom stereocenters. The van der Waals surface area contributed by atoms with Crippen molar-refractivity contribution < 1.29 is 0 Å². The third kappa shape index (κ3) is 3.02. The molecule has 4 rings (SSSR count). The Labute approximate surface area is 164 Å². The van der Waals surface area contributed by atoms with Crippen LogP contribution in [0, 0.1) is 13.8 Å². The molecule has 0 atom stereocenters. The molecule has 0 aliphatic heterocycles. The minimum absolute atomic E-state index is 0.0144. The van der Waals surface area contributed by atoms with E-state index >= 15 is 0 Å². The summed E-state index contributed by atoms with van der Waals surface area (Å²) in [6.45, 7) is 4.65. The van der Waals surface area contributed by atoms with Crippen LogP contribution in [0.15, 0.2) is 64.1 Å². The smallest absolute Gasteiger partial charge is 0.263 e. The molecule has 0 aliphatic carbocycles. The number of nitrogens with zero attached hydrogens (tertiary/aromatic N) is 2. The molecule has 5 heteroatoms. The first-order valence-corrected chi connectivity index (χ1v) is 9.94. The van der Waals surface area contributed by atoms with Gasteiger partial charge < -0.3 is 0 Å². The lowest BCUT2D eigenvalue weighted by molar-refractivity contribution is 0.745. The Morgan fingerprint density at radius 3 is 2.54 bits per heavy atom. The van der Waals surface area contributed by atoms with Crippen LogP contribution in [0.25, 0.3) is 21.3 Å². The Balaban J connectivity index is 1.89. The minimum atomic E-state index is 0.0144. The van der Waals surface area contributed by atoms with E-state index in [1.165, 1.54) is 5.56 Å². The molecular weight excluding hydrogens is 408 g/mol. The van der Waals surface area contributed by atoms with E-state index in [2.05, 4.69) is 46.9 Å². The van der Waals surface area contributed by atoms with Crippen molar-refractivity contribution in [2.24, 2.45) is 0 Å². The van der Waals surface area contributed by atoms with Gasteiger partial charge in [0.15, 0.2) is 0 Å². The van der Waals surface area contributed by atoms with Gasteiger partial charge in [-0.05, 0) is 42.7 Å². The molecule has 0 bridgehead atoms. The van der Waals surface area contributed by atoms with Crippen LogP contribution in [-0.2, 0) is 6.54 Å². The van der Waals surface area contributed by atoms with E-state index in [9.17, 15) is 4.79 Å². The maximum absolute atomic E-state index is 13.2. The van der Waals surface area contributed by atoms with Crippen molar-refractivity contribution in [3.63, 3.8) is 0 Å². The van der Waals surface area contributed by atoms with Gasteiger partial charge >= 0.3 is 0 Å². The summed E-state index contributed by atoms with van der Waals surface area (Å²) in [5.74, 6) is 0. The van der Waals surface area contributed by atoms with Gasteiger partial charge in [-0.15, -0.1) is 11.3 Å². The summed E-state index contributed by atoms with van der Waals surface area (Å²) >= 11 is 5.05. The second-order valence-corrected chi connectivity index (χ2v) is 8.44. The highest BCUT2D eigenvalue weighted by Crippen LogP contribution is 2.35. The van der Waals surface area contributed by atoms with Crippen molar-refractivity contribution in [3.05, 3.63) is 85.7 Å². The fourth-order valence-corrected chi connectivity index (χ4v) is 4.45. The Morgan fingerprint density at radius 2 is 1.81 bits per heavy atom. The minimum Gasteiger partial charge on any atom is -0.294 e. The lowest BCUT2D eigenvalue weighted by Crippen LogP contribution is -2.21. The monoisotopic (exact) mass is 424 g/mol. The average molecular weight is 425 g/mol. The number of hydrogen-bond acceptors (Lipinski definition) is 3. The van der Waals surface area contributed by atoms with Gasteiger partial charge in [-0.3, -0.25) is 9.36 Å².